The van der Waals surface area contributed by atoms with Gasteiger partial charge in [-0.05, 0) is 12.5 Å². The van der Waals surface area contributed by atoms with Crippen molar-refractivity contribution in [3.63, 3.8) is 0 Å². The summed E-state index contributed by atoms with van der Waals surface area (Å²) in [5.74, 6) is 0. The van der Waals surface area contributed by atoms with Gasteiger partial charge in [0.05, 0.1) is 12.0 Å². The Bertz CT molecular complexity index is 477. The minimum atomic E-state index is 0.0639. The first-order chi connectivity index (χ1) is 7.04. The van der Waals surface area contributed by atoms with Crippen molar-refractivity contribution >= 4 is 11.0 Å². The molecule has 0 aliphatic rings. The zero-order chi connectivity index (χ0) is 11.1. The summed E-state index contributed by atoms with van der Waals surface area (Å²) in [6.45, 7) is 8.64. The van der Waals surface area contributed by atoms with Crippen LogP contribution in [0.2, 0.25) is 0 Å². The zero-order valence-corrected chi connectivity index (χ0v) is 9.79. The molecule has 0 aromatic carbocycles. The van der Waals surface area contributed by atoms with Gasteiger partial charge in [-0.15, -0.1) is 0 Å². The Kier molecular flexibility index (Phi) is 2.29. The number of hydrogen-bond donors (Lipinski definition) is 0. The van der Waals surface area contributed by atoms with Crippen LogP contribution in [0.3, 0.4) is 0 Å². The van der Waals surface area contributed by atoms with E-state index in [1.165, 1.54) is 5.56 Å². The van der Waals surface area contributed by atoms with Crippen LogP contribution in [0.15, 0.2) is 22.9 Å². The number of hydrogen-bond acceptors (Lipinski definition) is 2. The molecule has 2 rings (SSSR count). The maximum atomic E-state index is 5.54. The van der Waals surface area contributed by atoms with Gasteiger partial charge >= 0.3 is 0 Å². The number of furan rings is 1. The Morgan fingerprint density at radius 1 is 1.33 bits per heavy atom. The molecule has 0 bridgehead atoms. The zero-order valence-electron chi connectivity index (χ0n) is 9.79. The fraction of sp³-hybridized carbons (Fsp3) is 0.462. The molecule has 15 heavy (non-hydrogen) atoms. The molecule has 2 heteroatoms. The first-order valence-electron chi connectivity index (χ1n) is 5.39. The fourth-order valence-corrected chi connectivity index (χ4v) is 1.86. The summed E-state index contributed by atoms with van der Waals surface area (Å²) >= 11 is 0. The van der Waals surface area contributed by atoms with E-state index >= 15 is 0 Å². The molecule has 0 saturated carbocycles. The molecule has 2 heterocycles. The van der Waals surface area contributed by atoms with Gasteiger partial charge in [0.1, 0.15) is 5.58 Å². The van der Waals surface area contributed by atoms with Crippen molar-refractivity contribution in [2.24, 2.45) is 0 Å². The molecule has 0 atom stereocenters. The number of fused-ring (bicyclic) bond motifs is 1. The third-order valence-electron chi connectivity index (χ3n) is 2.65. The number of aromatic nitrogens is 1. The molecule has 2 aromatic heterocycles. The molecule has 2 nitrogen and oxygen atoms in total. The molecule has 0 unspecified atom stereocenters. The van der Waals surface area contributed by atoms with Crippen molar-refractivity contribution in [2.75, 3.05) is 0 Å². The van der Waals surface area contributed by atoms with Gasteiger partial charge in [0.2, 0.25) is 0 Å². The highest BCUT2D eigenvalue weighted by Crippen LogP contribution is 2.30. The first kappa shape index (κ1) is 10.2. The molecule has 0 radical (unpaired) electrons. The molecular formula is C13H17NO. The van der Waals surface area contributed by atoms with E-state index in [2.05, 4.69) is 32.7 Å². The smallest absolute Gasteiger partial charge is 0.140 e. The summed E-state index contributed by atoms with van der Waals surface area (Å²) in [5, 5.41) is 1.15. The summed E-state index contributed by atoms with van der Waals surface area (Å²) in [7, 11) is 0. The molecule has 0 aliphatic carbocycles. The SMILES string of the molecule is CCc1cnc(C(C)(C)C)c2ccoc12. The van der Waals surface area contributed by atoms with Gasteiger partial charge in [-0.2, -0.15) is 0 Å². The maximum absolute atomic E-state index is 5.54. The van der Waals surface area contributed by atoms with E-state index in [-0.39, 0.29) is 5.41 Å². The maximum Gasteiger partial charge on any atom is 0.140 e. The predicted molar refractivity (Wildman–Crippen MR) is 62.1 cm³/mol. The van der Waals surface area contributed by atoms with E-state index in [0.29, 0.717) is 0 Å². The molecule has 0 saturated heterocycles. The average molecular weight is 203 g/mol. The lowest BCUT2D eigenvalue weighted by molar-refractivity contribution is 0.571. The lowest BCUT2D eigenvalue weighted by atomic mass is 9.89. The van der Waals surface area contributed by atoms with Gasteiger partial charge < -0.3 is 4.42 Å². The van der Waals surface area contributed by atoms with Gasteiger partial charge in [-0.25, -0.2) is 0 Å². The Labute approximate surface area is 90.3 Å². The van der Waals surface area contributed by atoms with Gasteiger partial charge in [-0.3, -0.25) is 4.98 Å². The Hall–Kier alpha value is -1.31. The van der Waals surface area contributed by atoms with Crippen LogP contribution in [0, 0.1) is 0 Å². The van der Waals surface area contributed by atoms with E-state index in [4.69, 9.17) is 4.42 Å². The lowest BCUT2D eigenvalue weighted by Gasteiger charge is -2.18. The van der Waals surface area contributed by atoms with Crippen LogP contribution in [0.25, 0.3) is 11.0 Å². The highest BCUT2D eigenvalue weighted by molar-refractivity contribution is 5.83. The molecule has 80 valence electrons. The van der Waals surface area contributed by atoms with Crippen LogP contribution >= 0.6 is 0 Å². The molecule has 0 spiro atoms. The molecule has 0 amide bonds. The van der Waals surface area contributed by atoms with E-state index in [1.54, 1.807) is 6.26 Å². The third-order valence-corrected chi connectivity index (χ3v) is 2.65. The second-order valence-electron chi connectivity index (χ2n) is 4.90. The Morgan fingerprint density at radius 3 is 2.67 bits per heavy atom. The highest BCUT2D eigenvalue weighted by atomic mass is 16.3. The summed E-state index contributed by atoms with van der Waals surface area (Å²) in [5.41, 5.74) is 3.36. The topological polar surface area (TPSA) is 26.0 Å². The van der Waals surface area contributed by atoms with Crippen LogP contribution < -0.4 is 0 Å². The van der Waals surface area contributed by atoms with E-state index < -0.39 is 0 Å². The summed E-state index contributed by atoms with van der Waals surface area (Å²) in [6.07, 6.45) is 4.65. The molecule has 2 aromatic rings. The minimum absolute atomic E-state index is 0.0639. The number of aryl methyl sites for hydroxylation is 1. The van der Waals surface area contributed by atoms with Crippen molar-refractivity contribution in [3.05, 3.63) is 29.8 Å². The molecule has 0 fully saturated rings. The van der Waals surface area contributed by atoms with Crippen molar-refractivity contribution in [2.45, 2.75) is 39.5 Å². The van der Waals surface area contributed by atoms with Crippen LogP contribution in [0.4, 0.5) is 0 Å². The van der Waals surface area contributed by atoms with E-state index in [1.807, 2.05) is 12.3 Å². The normalized spacial score (nSPS) is 12.3. The van der Waals surface area contributed by atoms with Gasteiger partial charge in [0.25, 0.3) is 0 Å². The average Bonchev–Trinajstić information content (AvgIpc) is 2.62. The van der Waals surface area contributed by atoms with Crippen LogP contribution in [0.5, 0.6) is 0 Å². The van der Waals surface area contributed by atoms with E-state index in [0.717, 1.165) is 23.1 Å². The van der Waals surface area contributed by atoms with Crippen molar-refractivity contribution in [3.8, 4) is 0 Å². The van der Waals surface area contributed by atoms with Gasteiger partial charge in [0, 0.05) is 22.6 Å². The fourth-order valence-electron chi connectivity index (χ4n) is 1.86. The Balaban J connectivity index is 2.74. The standard InChI is InChI=1S/C13H17NO/c1-5-9-8-14-12(13(2,3)4)10-6-7-15-11(9)10/h6-8H,5H2,1-4H3. The number of rotatable bonds is 1. The van der Waals surface area contributed by atoms with Crippen LogP contribution in [-0.2, 0) is 11.8 Å². The lowest BCUT2D eigenvalue weighted by Crippen LogP contribution is -2.14. The second kappa shape index (κ2) is 3.37. The monoisotopic (exact) mass is 203 g/mol. The predicted octanol–water partition coefficient (Wildman–Crippen LogP) is 3.69. The third kappa shape index (κ3) is 1.65. The van der Waals surface area contributed by atoms with Crippen molar-refractivity contribution < 1.29 is 4.42 Å². The van der Waals surface area contributed by atoms with Crippen molar-refractivity contribution in [1.82, 2.24) is 4.98 Å². The van der Waals surface area contributed by atoms with Gasteiger partial charge in [0.15, 0.2) is 0 Å². The molecular weight excluding hydrogens is 186 g/mol. The summed E-state index contributed by atoms with van der Waals surface area (Å²) in [4.78, 5) is 4.56. The minimum Gasteiger partial charge on any atom is -0.464 e. The molecule has 0 N–H and O–H groups in total. The molecule has 0 aliphatic heterocycles. The number of pyridine rings is 1. The number of nitrogens with zero attached hydrogens (tertiary/aromatic N) is 1. The van der Waals surface area contributed by atoms with Crippen LogP contribution in [0.1, 0.15) is 39.0 Å². The summed E-state index contributed by atoms with van der Waals surface area (Å²) < 4.78 is 5.54. The largest absolute Gasteiger partial charge is 0.464 e. The van der Waals surface area contributed by atoms with Crippen LogP contribution in [-0.4, -0.2) is 4.98 Å². The van der Waals surface area contributed by atoms with E-state index in [9.17, 15) is 0 Å². The summed E-state index contributed by atoms with van der Waals surface area (Å²) in [6, 6.07) is 2.02. The Morgan fingerprint density at radius 2 is 2.07 bits per heavy atom. The highest BCUT2D eigenvalue weighted by Gasteiger charge is 2.20. The first-order valence-corrected chi connectivity index (χ1v) is 5.39. The quantitative estimate of drug-likeness (QED) is 0.706. The second-order valence-corrected chi connectivity index (χ2v) is 4.90. The van der Waals surface area contributed by atoms with Crippen molar-refractivity contribution in [1.29, 1.82) is 0 Å². The van der Waals surface area contributed by atoms with Gasteiger partial charge in [-0.1, -0.05) is 27.7 Å².